The SMILES string of the molecule is CCC1Cc2nc(C(C)C)c(C(C)C)n2C1. The third-order valence-electron chi connectivity index (χ3n) is 3.70. The van der Waals surface area contributed by atoms with Crippen LogP contribution in [0.5, 0.6) is 0 Å². The van der Waals surface area contributed by atoms with Crippen LogP contribution in [0.1, 0.15) is 70.1 Å². The van der Waals surface area contributed by atoms with Crippen LogP contribution in [0, 0.1) is 5.92 Å². The Hall–Kier alpha value is -0.790. The second kappa shape index (κ2) is 4.23. The molecule has 0 spiro atoms. The van der Waals surface area contributed by atoms with Crippen molar-refractivity contribution in [1.82, 2.24) is 9.55 Å². The fourth-order valence-corrected chi connectivity index (χ4v) is 2.78. The van der Waals surface area contributed by atoms with E-state index in [1.165, 1.54) is 36.6 Å². The van der Waals surface area contributed by atoms with E-state index in [2.05, 4.69) is 39.2 Å². The third-order valence-corrected chi connectivity index (χ3v) is 3.70. The van der Waals surface area contributed by atoms with Crippen molar-refractivity contribution in [3.63, 3.8) is 0 Å². The summed E-state index contributed by atoms with van der Waals surface area (Å²) in [5.74, 6) is 3.30. The lowest BCUT2D eigenvalue weighted by atomic mass is 10.00. The first kappa shape index (κ1) is 11.7. The van der Waals surface area contributed by atoms with E-state index in [4.69, 9.17) is 4.98 Å². The van der Waals surface area contributed by atoms with Crippen LogP contribution in [0.2, 0.25) is 0 Å². The maximum Gasteiger partial charge on any atom is 0.109 e. The normalized spacial score (nSPS) is 19.8. The number of hydrogen-bond acceptors (Lipinski definition) is 1. The summed E-state index contributed by atoms with van der Waals surface area (Å²) in [5.41, 5.74) is 2.82. The minimum atomic E-state index is 0.551. The summed E-state index contributed by atoms with van der Waals surface area (Å²) in [7, 11) is 0. The topological polar surface area (TPSA) is 17.8 Å². The Bertz CT molecular complexity index is 374. The molecule has 2 heterocycles. The van der Waals surface area contributed by atoms with Gasteiger partial charge in [0, 0.05) is 18.7 Å². The molecule has 0 bridgehead atoms. The van der Waals surface area contributed by atoms with Crippen molar-refractivity contribution in [2.75, 3.05) is 0 Å². The van der Waals surface area contributed by atoms with Gasteiger partial charge in [-0.1, -0.05) is 41.0 Å². The molecule has 1 aliphatic rings. The van der Waals surface area contributed by atoms with Crippen LogP contribution >= 0.6 is 0 Å². The van der Waals surface area contributed by atoms with Gasteiger partial charge in [0.2, 0.25) is 0 Å². The average molecular weight is 220 g/mol. The lowest BCUT2D eigenvalue weighted by molar-refractivity contribution is 0.483. The van der Waals surface area contributed by atoms with E-state index in [-0.39, 0.29) is 0 Å². The van der Waals surface area contributed by atoms with E-state index in [1.807, 2.05) is 0 Å². The molecule has 1 aromatic heterocycles. The highest BCUT2D eigenvalue weighted by molar-refractivity contribution is 5.25. The van der Waals surface area contributed by atoms with E-state index in [0.29, 0.717) is 11.8 Å². The van der Waals surface area contributed by atoms with Gasteiger partial charge in [-0.2, -0.15) is 0 Å². The molecule has 1 aromatic rings. The van der Waals surface area contributed by atoms with Gasteiger partial charge in [-0.25, -0.2) is 4.98 Å². The van der Waals surface area contributed by atoms with Gasteiger partial charge >= 0.3 is 0 Å². The summed E-state index contributed by atoms with van der Waals surface area (Å²) in [5, 5.41) is 0. The second-order valence-electron chi connectivity index (χ2n) is 5.70. The van der Waals surface area contributed by atoms with Crippen molar-refractivity contribution in [3.05, 3.63) is 17.2 Å². The van der Waals surface area contributed by atoms with Crippen LogP contribution in [-0.4, -0.2) is 9.55 Å². The van der Waals surface area contributed by atoms with Crippen molar-refractivity contribution in [1.29, 1.82) is 0 Å². The van der Waals surface area contributed by atoms with Crippen LogP contribution in [-0.2, 0) is 13.0 Å². The largest absolute Gasteiger partial charge is 0.331 e. The molecule has 16 heavy (non-hydrogen) atoms. The molecular weight excluding hydrogens is 196 g/mol. The monoisotopic (exact) mass is 220 g/mol. The van der Waals surface area contributed by atoms with Crippen molar-refractivity contribution in [2.24, 2.45) is 5.92 Å². The number of aromatic nitrogens is 2. The molecule has 1 atom stereocenters. The number of fused-ring (bicyclic) bond motifs is 1. The summed E-state index contributed by atoms with van der Waals surface area (Å²) >= 11 is 0. The molecular formula is C14H24N2. The Labute approximate surface area is 99.1 Å². The van der Waals surface area contributed by atoms with Crippen molar-refractivity contribution < 1.29 is 0 Å². The molecule has 0 N–H and O–H groups in total. The Morgan fingerprint density at radius 1 is 1.25 bits per heavy atom. The van der Waals surface area contributed by atoms with E-state index in [0.717, 1.165) is 5.92 Å². The van der Waals surface area contributed by atoms with Crippen molar-refractivity contribution in [3.8, 4) is 0 Å². The number of hydrogen-bond donors (Lipinski definition) is 0. The fraction of sp³-hybridized carbons (Fsp3) is 0.786. The smallest absolute Gasteiger partial charge is 0.109 e. The Kier molecular flexibility index (Phi) is 3.09. The lowest BCUT2D eigenvalue weighted by Gasteiger charge is -2.14. The molecule has 1 aliphatic heterocycles. The first-order chi connectivity index (χ1) is 7.54. The molecule has 2 nitrogen and oxygen atoms in total. The van der Waals surface area contributed by atoms with Crippen LogP contribution in [0.25, 0.3) is 0 Å². The Morgan fingerprint density at radius 3 is 2.44 bits per heavy atom. The van der Waals surface area contributed by atoms with Crippen LogP contribution in [0.4, 0.5) is 0 Å². The van der Waals surface area contributed by atoms with E-state index >= 15 is 0 Å². The van der Waals surface area contributed by atoms with Crippen LogP contribution < -0.4 is 0 Å². The fourth-order valence-electron chi connectivity index (χ4n) is 2.78. The van der Waals surface area contributed by atoms with E-state index in [9.17, 15) is 0 Å². The molecule has 0 aromatic carbocycles. The highest BCUT2D eigenvalue weighted by atomic mass is 15.1. The minimum absolute atomic E-state index is 0.551. The molecule has 0 fully saturated rings. The molecule has 0 radical (unpaired) electrons. The summed E-state index contributed by atoms with van der Waals surface area (Å²) in [6.45, 7) is 12.6. The molecule has 0 saturated heterocycles. The van der Waals surface area contributed by atoms with Gasteiger partial charge in [-0.15, -0.1) is 0 Å². The molecule has 2 heteroatoms. The van der Waals surface area contributed by atoms with E-state index in [1.54, 1.807) is 0 Å². The Balaban J connectivity index is 2.41. The second-order valence-corrected chi connectivity index (χ2v) is 5.70. The third kappa shape index (κ3) is 1.79. The highest BCUT2D eigenvalue weighted by Crippen LogP contribution is 2.33. The average Bonchev–Trinajstić information content (AvgIpc) is 2.71. The van der Waals surface area contributed by atoms with Crippen LogP contribution in [0.3, 0.4) is 0 Å². The predicted octanol–water partition coefficient (Wildman–Crippen LogP) is 3.71. The zero-order valence-electron chi connectivity index (χ0n) is 11.2. The number of imidazole rings is 1. The molecule has 2 rings (SSSR count). The zero-order valence-corrected chi connectivity index (χ0v) is 11.2. The maximum atomic E-state index is 4.87. The molecule has 0 aliphatic carbocycles. The first-order valence-electron chi connectivity index (χ1n) is 6.63. The molecule has 90 valence electrons. The van der Waals surface area contributed by atoms with Gasteiger partial charge < -0.3 is 4.57 Å². The zero-order chi connectivity index (χ0) is 11.9. The van der Waals surface area contributed by atoms with Crippen LogP contribution in [0.15, 0.2) is 0 Å². The van der Waals surface area contributed by atoms with Gasteiger partial charge in [-0.05, 0) is 17.8 Å². The van der Waals surface area contributed by atoms with Crippen molar-refractivity contribution in [2.45, 2.75) is 65.8 Å². The summed E-state index contributed by atoms with van der Waals surface area (Å²) in [4.78, 5) is 4.87. The van der Waals surface area contributed by atoms with Gasteiger partial charge in [0.05, 0.1) is 5.69 Å². The predicted molar refractivity (Wildman–Crippen MR) is 67.9 cm³/mol. The summed E-state index contributed by atoms with van der Waals surface area (Å²) in [6.07, 6.45) is 2.46. The van der Waals surface area contributed by atoms with Gasteiger partial charge in [0.15, 0.2) is 0 Å². The lowest BCUT2D eigenvalue weighted by Crippen LogP contribution is -2.08. The first-order valence-corrected chi connectivity index (χ1v) is 6.63. The van der Waals surface area contributed by atoms with Crippen molar-refractivity contribution >= 4 is 0 Å². The Morgan fingerprint density at radius 2 is 1.94 bits per heavy atom. The maximum absolute atomic E-state index is 4.87. The molecule has 0 amide bonds. The van der Waals surface area contributed by atoms with Gasteiger partial charge in [-0.3, -0.25) is 0 Å². The van der Waals surface area contributed by atoms with Gasteiger partial charge in [0.1, 0.15) is 5.82 Å². The molecule has 1 unspecified atom stereocenters. The number of rotatable bonds is 3. The summed E-state index contributed by atoms with van der Waals surface area (Å²) < 4.78 is 2.49. The van der Waals surface area contributed by atoms with E-state index < -0.39 is 0 Å². The number of nitrogens with zero attached hydrogens (tertiary/aromatic N) is 2. The van der Waals surface area contributed by atoms with Gasteiger partial charge in [0.25, 0.3) is 0 Å². The quantitative estimate of drug-likeness (QED) is 0.759. The minimum Gasteiger partial charge on any atom is -0.331 e. The highest BCUT2D eigenvalue weighted by Gasteiger charge is 2.28. The standard InChI is InChI=1S/C14H24N2/c1-6-11-7-12-15-13(9(2)3)14(10(4)5)16(12)8-11/h9-11H,6-8H2,1-5H3. The molecule has 0 saturated carbocycles. The summed E-state index contributed by atoms with van der Waals surface area (Å²) in [6, 6.07) is 0.